The van der Waals surface area contributed by atoms with Gasteiger partial charge in [-0.1, -0.05) is 13.8 Å². The zero-order valence-corrected chi connectivity index (χ0v) is 19.6. The normalized spacial score (nSPS) is 10.4. The quantitative estimate of drug-likeness (QED) is 0.278. The van der Waals surface area contributed by atoms with Gasteiger partial charge in [-0.05, 0) is 54.0 Å². The molecule has 0 aliphatic rings. The van der Waals surface area contributed by atoms with Gasteiger partial charge in [-0.2, -0.15) is 0 Å². The maximum Gasteiger partial charge on any atom is 0.273 e. The molecule has 3 N–H and O–H groups in total. The summed E-state index contributed by atoms with van der Waals surface area (Å²) >= 11 is 5.25. The molecule has 0 unspecified atom stereocenters. The molecule has 9 nitrogen and oxygen atoms in total. The van der Waals surface area contributed by atoms with Crippen LogP contribution in [0, 0.1) is 0 Å². The van der Waals surface area contributed by atoms with Crippen LogP contribution >= 0.6 is 12.2 Å². The Labute approximate surface area is 193 Å². The van der Waals surface area contributed by atoms with E-state index in [0.29, 0.717) is 17.1 Å². The van der Waals surface area contributed by atoms with Crippen molar-refractivity contribution in [3.05, 3.63) is 47.5 Å². The molecule has 0 aliphatic carbocycles. The zero-order valence-electron chi connectivity index (χ0n) is 18.8. The molecule has 0 atom stereocenters. The van der Waals surface area contributed by atoms with E-state index in [9.17, 15) is 4.79 Å². The van der Waals surface area contributed by atoms with Crippen molar-refractivity contribution in [3.63, 3.8) is 0 Å². The summed E-state index contributed by atoms with van der Waals surface area (Å²) in [4.78, 5) is 12.9. The van der Waals surface area contributed by atoms with Gasteiger partial charge in [-0.3, -0.25) is 15.6 Å². The number of thiocarbonyl (C=S) groups is 1. The molecular formula is C22H29N3O6S. The first-order valence-electron chi connectivity index (χ1n) is 9.82. The summed E-state index contributed by atoms with van der Waals surface area (Å²) in [5, 5.41) is 3.19. The lowest BCUT2D eigenvalue weighted by atomic mass is 9.98. The molecule has 10 heteroatoms. The topological polar surface area (TPSA) is 99.3 Å². The number of carbonyl (C=O) groups excluding carboxylic acids is 1. The van der Waals surface area contributed by atoms with Crippen molar-refractivity contribution >= 4 is 28.9 Å². The smallest absolute Gasteiger partial charge is 0.273 e. The van der Waals surface area contributed by atoms with Crippen LogP contribution in [0.3, 0.4) is 0 Å². The van der Waals surface area contributed by atoms with Gasteiger partial charge in [0.05, 0.1) is 12.7 Å². The lowest BCUT2D eigenvalue weighted by Crippen LogP contribution is -2.43. The van der Waals surface area contributed by atoms with Crippen LogP contribution in [0.5, 0.6) is 17.2 Å². The number of benzene rings is 2. The molecule has 0 aliphatic heterocycles. The maximum absolute atomic E-state index is 12.9. The summed E-state index contributed by atoms with van der Waals surface area (Å²) in [7, 11) is 4.62. The van der Waals surface area contributed by atoms with E-state index < -0.39 is 5.91 Å². The fourth-order valence-corrected chi connectivity index (χ4v) is 2.88. The minimum absolute atomic E-state index is 0.0319. The van der Waals surface area contributed by atoms with E-state index in [-0.39, 0.29) is 24.6 Å². The van der Waals surface area contributed by atoms with E-state index >= 15 is 0 Å². The van der Waals surface area contributed by atoms with E-state index in [1.54, 1.807) is 43.5 Å². The largest absolute Gasteiger partial charge is 0.497 e. The number of anilines is 1. The van der Waals surface area contributed by atoms with Gasteiger partial charge in [-0.15, -0.1) is 0 Å². The van der Waals surface area contributed by atoms with Crippen molar-refractivity contribution in [3.8, 4) is 17.2 Å². The van der Waals surface area contributed by atoms with Crippen LogP contribution in [-0.2, 0) is 9.47 Å². The van der Waals surface area contributed by atoms with Crippen LogP contribution in [0.1, 0.15) is 35.7 Å². The van der Waals surface area contributed by atoms with Crippen LogP contribution in [0.15, 0.2) is 36.4 Å². The van der Waals surface area contributed by atoms with E-state index in [0.717, 1.165) is 17.0 Å². The molecule has 0 fully saturated rings. The fourth-order valence-electron chi connectivity index (χ4n) is 2.71. The number of hydrogen-bond acceptors (Lipinski definition) is 7. The molecule has 2 aromatic carbocycles. The Morgan fingerprint density at radius 1 is 0.938 bits per heavy atom. The van der Waals surface area contributed by atoms with Gasteiger partial charge in [0.25, 0.3) is 5.91 Å². The number of carbonyl (C=O) groups is 1. The number of methoxy groups -OCH3 is 3. The Balaban J connectivity index is 2.14. The van der Waals surface area contributed by atoms with Gasteiger partial charge in [0.1, 0.15) is 17.2 Å². The van der Waals surface area contributed by atoms with E-state index in [2.05, 4.69) is 16.2 Å². The Hall–Kier alpha value is -3.08. The highest BCUT2D eigenvalue weighted by Gasteiger charge is 2.20. The van der Waals surface area contributed by atoms with Gasteiger partial charge in [-0.25, -0.2) is 0 Å². The van der Waals surface area contributed by atoms with Gasteiger partial charge < -0.3 is 29.0 Å². The predicted molar refractivity (Wildman–Crippen MR) is 125 cm³/mol. The van der Waals surface area contributed by atoms with Crippen molar-refractivity contribution < 1.29 is 28.5 Å². The Morgan fingerprint density at radius 2 is 1.56 bits per heavy atom. The highest BCUT2D eigenvalue weighted by molar-refractivity contribution is 7.80. The third-order valence-corrected chi connectivity index (χ3v) is 4.48. The Morgan fingerprint density at radius 3 is 2.12 bits per heavy atom. The third kappa shape index (κ3) is 7.26. The van der Waals surface area contributed by atoms with Crippen LogP contribution < -0.4 is 30.4 Å². The molecule has 0 saturated heterocycles. The fraction of sp³-hybridized carbons (Fsp3) is 0.364. The van der Waals surface area contributed by atoms with Crippen LogP contribution in [-0.4, -0.2) is 45.9 Å². The molecule has 1 amide bonds. The monoisotopic (exact) mass is 463 g/mol. The average Bonchev–Trinajstić information content (AvgIpc) is 2.79. The van der Waals surface area contributed by atoms with Crippen molar-refractivity contribution in [1.82, 2.24) is 10.9 Å². The van der Waals surface area contributed by atoms with Crippen molar-refractivity contribution in [2.24, 2.45) is 0 Å². The van der Waals surface area contributed by atoms with Crippen LogP contribution in [0.2, 0.25) is 0 Å². The highest BCUT2D eigenvalue weighted by atomic mass is 32.1. The minimum atomic E-state index is -0.435. The SMILES string of the molecule is COCOc1cc(OCOC)c(C(C)C)cc1C(=O)NNC(=S)Nc1ccc(OC)cc1. The van der Waals surface area contributed by atoms with Crippen molar-refractivity contribution in [1.29, 1.82) is 0 Å². The van der Waals surface area contributed by atoms with Crippen LogP contribution in [0.25, 0.3) is 0 Å². The van der Waals surface area contributed by atoms with Crippen LogP contribution in [0.4, 0.5) is 5.69 Å². The van der Waals surface area contributed by atoms with Gasteiger partial charge in [0.2, 0.25) is 0 Å². The number of nitrogens with one attached hydrogen (secondary N) is 3. The number of hydrogen-bond donors (Lipinski definition) is 3. The van der Waals surface area contributed by atoms with E-state index in [4.69, 9.17) is 35.9 Å². The first kappa shape index (κ1) is 25.2. The predicted octanol–water partition coefficient (Wildman–Crippen LogP) is 3.42. The molecule has 32 heavy (non-hydrogen) atoms. The summed E-state index contributed by atoms with van der Waals surface area (Å²) in [6, 6.07) is 10.6. The maximum atomic E-state index is 12.9. The molecule has 0 bridgehead atoms. The summed E-state index contributed by atoms with van der Waals surface area (Å²) in [5.74, 6) is 1.25. The molecule has 2 aromatic rings. The van der Waals surface area contributed by atoms with Gasteiger partial charge in [0, 0.05) is 26.0 Å². The summed E-state index contributed by atoms with van der Waals surface area (Å²) in [5.41, 5.74) is 7.14. The number of hydrazine groups is 1. The Bertz CT molecular complexity index is 905. The molecule has 174 valence electrons. The van der Waals surface area contributed by atoms with Gasteiger partial charge >= 0.3 is 0 Å². The highest BCUT2D eigenvalue weighted by Crippen LogP contribution is 2.34. The molecular weight excluding hydrogens is 434 g/mol. The standard InChI is InChI=1S/C22H29N3O6S/c1-14(2)17-10-18(20(31-13-28-4)11-19(17)30-12-27-3)21(26)24-25-22(32)23-15-6-8-16(29-5)9-7-15/h6-11,14H,12-13H2,1-5H3,(H,24,26)(H2,23,25,32). The summed E-state index contributed by atoms with van der Waals surface area (Å²) in [6.45, 7) is 4.04. The first-order chi connectivity index (χ1) is 15.4. The van der Waals surface area contributed by atoms with Crippen molar-refractivity contribution in [2.45, 2.75) is 19.8 Å². The third-order valence-electron chi connectivity index (χ3n) is 4.28. The summed E-state index contributed by atoms with van der Waals surface area (Å²) in [6.07, 6.45) is 0. The van der Waals surface area contributed by atoms with Gasteiger partial charge in [0.15, 0.2) is 18.7 Å². The summed E-state index contributed by atoms with van der Waals surface area (Å²) < 4.78 is 26.4. The second kappa shape index (κ2) is 12.7. The molecule has 0 radical (unpaired) electrons. The van der Waals surface area contributed by atoms with E-state index in [1.165, 1.54) is 14.2 Å². The number of rotatable bonds is 10. The molecule has 2 rings (SSSR count). The van der Waals surface area contributed by atoms with E-state index in [1.807, 2.05) is 13.8 Å². The average molecular weight is 464 g/mol. The second-order valence-electron chi connectivity index (χ2n) is 6.90. The molecule has 0 aromatic heterocycles. The lowest BCUT2D eigenvalue weighted by Gasteiger charge is -2.19. The first-order valence-corrected chi connectivity index (χ1v) is 10.2. The number of amides is 1. The lowest BCUT2D eigenvalue weighted by molar-refractivity contribution is 0.0449. The Kier molecular flexibility index (Phi) is 9.99. The van der Waals surface area contributed by atoms with Crippen molar-refractivity contribution in [2.75, 3.05) is 40.2 Å². The zero-order chi connectivity index (χ0) is 23.5. The minimum Gasteiger partial charge on any atom is -0.497 e. The molecule has 0 heterocycles. The number of ether oxygens (including phenoxy) is 5. The molecule has 0 saturated carbocycles. The molecule has 0 spiro atoms. The second-order valence-corrected chi connectivity index (χ2v) is 7.31.